The van der Waals surface area contributed by atoms with E-state index in [2.05, 4.69) is 22.4 Å². The summed E-state index contributed by atoms with van der Waals surface area (Å²) in [5, 5.41) is 24.3. The van der Waals surface area contributed by atoms with E-state index in [9.17, 15) is 9.90 Å². The molecule has 5 aromatic rings. The Hall–Kier alpha value is -4.00. The third kappa shape index (κ3) is 5.30. The number of para-hydroxylation sites is 1. The van der Waals surface area contributed by atoms with Gasteiger partial charge in [-0.25, -0.2) is 4.98 Å². The van der Waals surface area contributed by atoms with Crippen molar-refractivity contribution in [3.05, 3.63) is 94.8 Å². The molecule has 0 spiro atoms. The van der Waals surface area contributed by atoms with E-state index in [-0.39, 0.29) is 11.7 Å². The smallest absolute Gasteiger partial charge is 0.248 e. The number of hydrogen-bond donors (Lipinski definition) is 3. The Labute approximate surface area is 214 Å². The average molecular weight is 514 g/mol. The molecule has 1 unspecified atom stereocenters. The molecule has 1 atom stereocenters. The van der Waals surface area contributed by atoms with Crippen LogP contribution in [0, 0.1) is 0 Å². The lowest BCUT2D eigenvalue weighted by Gasteiger charge is -2.13. The maximum absolute atomic E-state index is 12.3. The summed E-state index contributed by atoms with van der Waals surface area (Å²) in [5.41, 5.74) is 3.81. The first-order chi connectivity index (χ1) is 17.6. The Morgan fingerprint density at radius 2 is 2.03 bits per heavy atom. The Morgan fingerprint density at radius 3 is 2.83 bits per heavy atom. The van der Waals surface area contributed by atoms with E-state index < -0.39 is 0 Å². The van der Waals surface area contributed by atoms with Crippen molar-refractivity contribution in [2.75, 3.05) is 17.3 Å². The fraction of sp³-hybridized carbons (Fsp3) is 0.0741. The molecule has 3 heterocycles. The molecule has 180 valence electrons. The zero-order chi connectivity index (χ0) is 24.9. The fourth-order valence-electron chi connectivity index (χ4n) is 3.77. The lowest BCUT2D eigenvalue weighted by atomic mass is 10.1. The minimum atomic E-state index is -0.180. The van der Waals surface area contributed by atoms with E-state index in [1.54, 1.807) is 34.1 Å². The Balaban J connectivity index is 1.36. The van der Waals surface area contributed by atoms with Gasteiger partial charge in [0.15, 0.2) is 5.65 Å². The van der Waals surface area contributed by atoms with Crippen molar-refractivity contribution < 1.29 is 9.90 Å². The highest BCUT2D eigenvalue weighted by atomic mass is 32.1. The summed E-state index contributed by atoms with van der Waals surface area (Å²) in [7, 11) is 0.537. The third-order valence-electron chi connectivity index (χ3n) is 5.53. The van der Waals surface area contributed by atoms with Gasteiger partial charge in [-0.3, -0.25) is 4.79 Å². The van der Waals surface area contributed by atoms with Gasteiger partial charge in [0.05, 0.1) is 11.9 Å². The number of aromatic hydroxyl groups is 1. The van der Waals surface area contributed by atoms with E-state index in [1.807, 2.05) is 66.2 Å². The number of nitrogens with one attached hydrogen (secondary N) is 2. The van der Waals surface area contributed by atoms with Crippen molar-refractivity contribution >= 4 is 54.4 Å². The number of phenolic OH excluding ortho intramolecular Hbond substituents is 1. The molecular formula is C27H24N5O2PS. The predicted octanol–water partition coefficient (Wildman–Crippen LogP) is 5.36. The van der Waals surface area contributed by atoms with Gasteiger partial charge in [0.1, 0.15) is 11.6 Å². The van der Waals surface area contributed by atoms with Crippen LogP contribution in [0.15, 0.2) is 84.4 Å². The van der Waals surface area contributed by atoms with E-state index >= 15 is 0 Å². The minimum absolute atomic E-state index is 0.178. The lowest BCUT2D eigenvalue weighted by molar-refractivity contribution is -0.111. The Kier molecular flexibility index (Phi) is 7.07. The number of amides is 1. The van der Waals surface area contributed by atoms with Gasteiger partial charge < -0.3 is 15.7 Å². The summed E-state index contributed by atoms with van der Waals surface area (Å²) in [5.74, 6) is 0.758. The number of benzene rings is 2. The maximum Gasteiger partial charge on any atom is 0.248 e. The zero-order valence-corrected chi connectivity index (χ0v) is 21.3. The number of hydrogen-bond acceptors (Lipinski definition) is 6. The molecule has 3 N–H and O–H groups in total. The standard InChI is InChI=1S/C27H24N5O2PS/c1-35-24-17-29-32-25(15-22(31-27(24)32)21-9-2-3-10-23(21)33)28-16-18-6-4-7-19(14-18)30-26(34)12-11-20-8-5-13-36-20/h2-15,17,28,33,35H,16H2,1H3,(H,30,34)/b12-11+. The van der Waals surface area contributed by atoms with Crippen molar-refractivity contribution in [1.82, 2.24) is 14.6 Å². The van der Waals surface area contributed by atoms with Crippen LogP contribution in [0.5, 0.6) is 5.75 Å². The summed E-state index contributed by atoms with van der Waals surface area (Å²) >= 11 is 1.58. The number of carbonyl (C=O) groups excluding carboxylic acids is 1. The molecule has 5 rings (SSSR count). The van der Waals surface area contributed by atoms with Gasteiger partial charge in [-0.2, -0.15) is 9.61 Å². The van der Waals surface area contributed by atoms with Crippen molar-refractivity contribution in [1.29, 1.82) is 0 Å². The monoisotopic (exact) mass is 513 g/mol. The summed E-state index contributed by atoms with van der Waals surface area (Å²) in [6.45, 7) is 2.60. The number of thiophene rings is 1. The van der Waals surface area contributed by atoms with Crippen LogP contribution in [0.1, 0.15) is 10.4 Å². The molecule has 0 aliphatic rings. The van der Waals surface area contributed by atoms with Crippen LogP contribution in [0.2, 0.25) is 0 Å². The SMILES string of the molecule is CPc1cnn2c(NCc3cccc(NC(=O)/C=C/c4cccs4)c3)cc(-c3ccccc3O)nc12. The number of fused-ring (bicyclic) bond motifs is 1. The second kappa shape index (κ2) is 10.7. The quantitative estimate of drug-likeness (QED) is 0.192. The number of carbonyl (C=O) groups is 1. The molecule has 1 amide bonds. The van der Waals surface area contributed by atoms with Crippen molar-refractivity contribution in [2.24, 2.45) is 0 Å². The minimum Gasteiger partial charge on any atom is -0.507 e. The van der Waals surface area contributed by atoms with Crippen molar-refractivity contribution in [3.8, 4) is 17.0 Å². The third-order valence-corrected chi connectivity index (χ3v) is 7.26. The van der Waals surface area contributed by atoms with Gasteiger partial charge in [0.2, 0.25) is 5.91 Å². The molecule has 0 saturated heterocycles. The van der Waals surface area contributed by atoms with Crippen molar-refractivity contribution in [2.45, 2.75) is 6.54 Å². The number of nitrogens with zero attached hydrogens (tertiary/aromatic N) is 3. The van der Waals surface area contributed by atoms with Crippen LogP contribution < -0.4 is 15.9 Å². The van der Waals surface area contributed by atoms with Gasteiger partial charge in [-0.15, -0.1) is 11.3 Å². The van der Waals surface area contributed by atoms with Gasteiger partial charge >= 0.3 is 0 Å². The normalized spacial score (nSPS) is 11.6. The zero-order valence-electron chi connectivity index (χ0n) is 19.5. The molecule has 36 heavy (non-hydrogen) atoms. The average Bonchev–Trinajstić information content (AvgIpc) is 3.56. The number of aromatic nitrogens is 3. The molecule has 0 saturated carbocycles. The molecule has 7 nitrogen and oxygen atoms in total. The highest BCUT2D eigenvalue weighted by Crippen LogP contribution is 2.30. The second-order valence-corrected chi connectivity index (χ2v) is 10.00. The topological polar surface area (TPSA) is 91.5 Å². The molecule has 0 aliphatic heterocycles. The molecule has 0 bridgehead atoms. The summed E-state index contributed by atoms with van der Waals surface area (Å²) < 4.78 is 1.79. The highest BCUT2D eigenvalue weighted by molar-refractivity contribution is 7.46. The maximum atomic E-state index is 12.3. The number of anilines is 2. The van der Waals surface area contributed by atoms with E-state index in [0.717, 1.165) is 32.9 Å². The number of rotatable bonds is 8. The van der Waals surface area contributed by atoms with Crippen LogP contribution in [-0.4, -0.2) is 32.3 Å². The van der Waals surface area contributed by atoms with Gasteiger partial charge in [0, 0.05) is 40.1 Å². The van der Waals surface area contributed by atoms with Gasteiger partial charge in [0.25, 0.3) is 0 Å². The molecule has 0 aliphatic carbocycles. The first-order valence-corrected chi connectivity index (χ1v) is 13.7. The van der Waals surface area contributed by atoms with Crippen LogP contribution in [-0.2, 0) is 11.3 Å². The predicted molar refractivity (Wildman–Crippen MR) is 150 cm³/mol. The molecule has 0 fully saturated rings. The fourth-order valence-corrected chi connectivity index (χ4v) is 4.96. The molecule has 0 radical (unpaired) electrons. The Bertz CT molecular complexity index is 1550. The van der Waals surface area contributed by atoms with Crippen LogP contribution in [0.25, 0.3) is 23.0 Å². The molecule has 9 heteroatoms. The molecule has 2 aromatic carbocycles. The Morgan fingerprint density at radius 1 is 1.14 bits per heavy atom. The van der Waals surface area contributed by atoms with E-state index in [4.69, 9.17) is 4.98 Å². The lowest BCUT2D eigenvalue weighted by Crippen LogP contribution is -2.10. The molecule has 3 aromatic heterocycles. The van der Waals surface area contributed by atoms with E-state index in [0.29, 0.717) is 26.4 Å². The first-order valence-electron chi connectivity index (χ1n) is 11.3. The van der Waals surface area contributed by atoms with Crippen LogP contribution >= 0.6 is 19.9 Å². The largest absolute Gasteiger partial charge is 0.507 e. The molecular weight excluding hydrogens is 489 g/mol. The van der Waals surface area contributed by atoms with E-state index in [1.165, 1.54) is 6.08 Å². The highest BCUT2D eigenvalue weighted by Gasteiger charge is 2.14. The van der Waals surface area contributed by atoms with Crippen LogP contribution in [0.4, 0.5) is 11.5 Å². The number of phenols is 1. The van der Waals surface area contributed by atoms with Gasteiger partial charge in [-0.05, 0) is 54.0 Å². The summed E-state index contributed by atoms with van der Waals surface area (Å²) in [6, 6.07) is 20.7. The summed E-state index contributed by atoms with van der Waals surface area (Å²) in [4.78, 5) is 18.1. The first kappa shape index (κ1) is 23.7. The summed E-state index contributed by atoms with van der Waals surface area (Å²) in [6.07, 6.45) is 5.17. The van der Waals surface area contributed by atoms with Crippen LogP contribution in [0.3, 0.4) is 0 Å². The van der Waals surface area contributed by atoms with Gasteiger partial charge in [-0.1, -0.05) is 38.9 Å². The van der Waals surface area contributed by atoms with Crippen molar-refractivity contribution in [3.63, 3.8) is 0 Å². The second-order valence-electron chi connectivity index (χ2n) is 7.98.